The van der Waals surface area contributed by atoms with E-state index in [4.69, 9.17) is 4.84 Å². The Kier molecular flexibility index (Phi) is 3.76. The number of carbonyl (C=O) groups is 2. The van der Waals surface area contributed by atoms with Gasteiger partial charge in [-0.25, -0.2) is 9.29 Å². The Hall–Kier alpha value is -3.23. The molecule has 0 bridgehead atoms. The van der Waals surface area contributed by atoms with E-state index in [0.717, 1.165) is 24.3 Å². The molecule has 27 heavy (non-hydrogen) atoms. The molecule has 0 radical (unpaired) electrons. The molecule has 1 fully saturated rings. The van der Waals surface area contributed by atoms with Crippen molar-refractivity contribution in [2.45, 2.75) is 12.3 Å². The fourth-order valence-corrected chi connectivity index (χ4v) is 3.18. The van der Waals surface area contributed by atoms with Gasteiger partial charge in [0.25, 0.3) is 5.91 Å². The number of para-hydroxylation sites is 1. The second kappa shape index (κ2) is 5.90. The standard InChI is InChI=1S/C18H10F4N2O3/c19-10-7-5-9(6-8-10)14-13-15(27-23-14)17(26)24(16(13)25)12-4-2-1-3-11(12)18(20,21)22/h1-8,13,15H. The number of halogens is 4. The maximum atomic E-state index is 13.3. The van der Waals surface area contributed by atoms with E-state index in [1.54, 1.807) is 0 Å². The second-order valence-electron chi connectivity index (χ2n) is 6.01. The number of rotatable bonds is 2. The van der Waals surface area contributed by atoms with Crippen LogP contribution in [-0.2, 0) is 20.6 Å². The van der Waals surface area contributed by atoms with Gasteiger partial charge in [-0.3, -0.25) is 9.59 Å². The third kappa shape index (κ3) is 2.66. The SMILES string of the molecule is O=C1C2ON=C(c3ccc(F)cc3)C2C(=O)N1c1ccccc1C(F)(F)F. The lowest BCUT2D eigenvalue weighted by atomic mass is 9.94. The number of imide groups is 1. The minimum atomic E-state index is -4.75. The molecule has 0 aliphatic carbocycles. The first kappa shape index (κ1) is 17.2. The van der Waals surface area contributed by atoms with Crippen molar-refractivity contribution in [1.29, 1.82) is 0 Å². The summed E-state index contributed by atoms with van der Waals surface area (Å²) < 4.78 is 53.0. The number of anilines is 1. The molecule has 0 N–H and O–H groups in total. The third-order valence-corrected chi connectivity index (χ3v) is 4.40. The first-order valence-electron chi connectivity index (χ1n) is 7.82. The van der Waals surface area contributed by atoms with Crippen LogP contribution >= 0.6 is 0 Å². The van der Waals surface area contributed by atoms with Crippen molar-refractivity contribution in [3.63, 3.8) is 0 Å². The van der Waals surface area contributed by atoms with Crippen LogP contribution < -0.4 is 4.90 Å². The molecule has 2 heterocycles. The molecule has 0 saturated carbocycles. The largest absolute Gasteiger partial charge is 0.418 e. The van der Waals surface area contributed by atoms with Crippen LogP contribution in [-0.4, -0.2) is 23.6 Å². The van der Waals surface area contributed by atoms with Crippen molar-refractivity contribution in [2.24, 2.45) is 11.1 Å². The molecule has 2 aromatic rings. The summed E-state index contributed by atoms with van der Waals surface area (Å²) in [5.41, 5.74) is -1.25. The molecule has 4 rings (SSSR count). The Morgan fingerprint density at radius 2 is 1.63 bits per heavy atom. The van der Waals surface area contributed by atoms with Crippen molar-refractivity contribution in [1.82, 2.24) is 0 Å². The first-order chi connectivity index (χ1) is 12.8. The van der Waals surface area contributed by atoms with Crippen molar-refractivity contribution in [3.8, 4) is 0 Å². The summed E-state index contributed by atoms with van der Waals surface area (Å²) in [4.78, 5) is 30.9. The number of fused-ring (bicyclic) bond motifs is 1. The molecule has 2 unspecified atom stereocenters. The third-order valence-electron chi connectivity index (χ3n) is 4.40. The zero-order chi connectivity index (χ0) is 19.3. The van der Waals surface area contributed by atoms with Crippen molar-refractivity contribution < 1.29 is 32.0 Å². The van der Waals surface area contributed by atoms with Crippen LogP contribution in [0.1, 0.15) is 11.1 Å². The zero-order valence-electron chi connectivity index (χ0n) is 13.4. The van der Waals surface area contributed by atoms with Crippen LogP contribution in [0.5, 0.6) is 0 Å². The van der Waals surface area contributed by atoms with Gasteiger partial charge in [0.15, 0.2) is 0 Å². The number of carbonyl (C=O) groups excluding carboxylic acids is 2. The lowest BCUT2D eigenvalue weighted by Gasteiger charge is -2.20. The van der Waals surface area contributed by atoms with Crippen LogP contribution in [0.2, 0.25) is 0 Å². The highest BCUT2D eigenvalue weighted by Gasteiger charge is 2.57. The Labute approximate surface area is 149 Å². The molecule has 2 aliphatic rings. The van der Waals surface area contributed by atoms with E-state index in [-0.39, 0.29) is 5.71 Å². The van der Waals surface area contributed by atoms with Crippen LogP contribution in [0.4, 0.5) is 23.2 Å². The Morgan fingerprint density at radius 1 is 0.963 bits per heavy atom. The maximum Gasteiger partial charge on any atom is 0.418 e. The van der Waals surface area contributed by atoms with Gasteiger partial charge in [0.2, 0.25) is 12.0 Å². The maximum absolute atomic E-state index is 13.3. The molecular formula is C18H10F4N2O3. The van der Waals surface area contributed by atoms with Crippen molar-refractivity contribution >= 4 is 23.2 Å². The normalized spacial score (nSPS) is 21.9. The second-order valence-corrected chi connectivity index (χ2v) is 6.01. The van der Waals surface area contributed by atoms with E-state index >= 15 is 0 Å². The van der Waals surface area contributed by atoms with E-state index < -0.39 is 47.1 Å². The molecular weight excluding hydrogens is 368 g/mol. The molecule has 2 amide bonds. The lowest BCUT2D eigenvalue weighted by molar-refractivity contribution is -0.137. The average Bonchev–Trinajstić information content (AvgIpc) is 3.16. The predicted molar refractivity (Wildman–Crippen MR) is 85.2 cm³/mol. The molecule has 0 spiro atoms. The van der Waals surface area contributed by atoms with Gasteiger partial charge < -0.3 is 4.84 Å². The average molecular weight is 378 g/mol. The van der Waals surface area contributed by atoms with E-state index in [1.165, 1.54) is 24.3 Å². The van der Waals surface area contributed by atoms with Crippen LogP contribution in [0.3, 0.4) is 0 Å². The fraction of sp³-hybridized carbons (Fsp3) is 0.167. The van der Waals surface area contributed by atoms with E-state index in [1.807, 2.05) is 0 Å². The Bertz CT molecular complexity index is 969. The first-order valence-corrected chi connectivity index (χ1v) is 7.82. The zero-order valence-corrected chi connectivity index (χ0v) is 13.4. The highest BCUT2D eigenvalue weighted by molar-refractivity contribution is 6.32. The minimum absolute atomic E-state index is 0.0744. The molecule has 5 nitrogen and oxygen atoms in total. The highest BCUT2D eigenvalue weighted by atomic mass is 19.4. The van der Waals surface area contributed by atoms with Crippen molar-refractivity contribution in [2.75, 3.05) is 4.90 Å². The number of oxime groups is 1. The van der Waals surface area contributed by atoms with Gasteiger partial charge in [-0.2, -0.15) is 13.2 Å². The highest BCUT2D eigenvalue weighted by Crippen LogP contribution is 2.41. The summed E-state index contributed by atoms with van der Waals surface area (Å²) in [5, 5.41) is 3.72. The fourth-order valence-electron chi connectivity index (χ4n) is 3.18. The Balaban J connectivity index is 1.74. The van der Waals surface area contributed by atoms with Crippen LogP contribution in [0, 0.1) is 11.7 Å². The van der Waals surface area contributed by atoms with Gasteiger partial charge in [-0.05, 0) is 24.3 Å². The predicted octanol–water partition coefficient (Wildman–Crippen LogP) is 3.14. The van der Waals surface area contributed by atoms with Gasteiger partial charge in [-0.15, -0.1) is 0 Å². The van der Waals surface area contributed by atoms with Crippen LogP contribution in [0.25, 0.3) is 0 Å². The van der Waals surface area contributed by atoms with E-state index in [2.05, 4.69) is 5.16 Å². The smallest absolute Gasteiger partial charge is 0.381 e. The Morgan fingerprint density at radius 3 is 2.30 bits per heavy atom. The van der Waals surface area contributed by atoms with E-state index in [9.17, 15) is 27.2 Å². The van der Waals surface area contributed by atoms with Gasteiger partial charge in [0.05, 0.1) is 11.3 Å². The van der Waals surface area contributed by atoms with Gasteiger partial charge >= 0.3 is 6.18 Å². The number of hydrogen-bond acceptors (Lipinski definition) is 4. The molecule has 2 aromatic carbocycles. The summed E-state index contributed by atoms with van der Waals surface area (Å²) in [5.74, 6) is -3.50. The minimum Gasteiger partial charge on any atom is -0.381 e. The van der Waals surface area contributed by atoms with E-state index in [0.29, 0.717) is 10.5 Å². The molecule has 9 heteroatoms. The lowest BCUT2D eigenvalue weighted by Crippen LogP contribution is -2.34. The summed E-state index contributed by atoms with van der Waals surface area (Å²) in [6.07, 6.45) is -6.09. The summed E-state index contributed by atoms with van der Waals surface area (Å²) in [6, 6.07) is 9.30. The summed E-state index contributed by atoms with van der Waals surface area (Å²) in [7, 11) is 0. The van der Waals surface area contributed by atoms with Crippen LogP contribution in [0.15, 0.2) is 53.7 Å². The van der Waals surface area contributed by atoms with Gasteiger partial charge in [0.1, 0.15) is 17.4 Å². The number of amides is 2. The van der Waals surface area contributed by atoms with Crippen molar-refractivity contribution in [3.05, 3.63) is 65.5 Å². The molecule has 2 atom stereocenters. The van der Waals surface area contributed by atoms with Gasteiger partial charge in [-0.1, -0.05) is 29.4 Å². The number of benzene rings is 2. The summed E-state index contributed by atoms with van der Waals surface area (Å²) >= 11 is 0. The van der Waals surface area contributed by atoms with Gasteiger partial charge in [0, 0.05) is 5.56 Å². The number of hydrogen-bond donors (Lipinski definition) is 0. The number of nitrogens with zero attached hydrogens (tertiary/aromatic N) is 2. The quantitative estimate of drug-likeness (QED) is 0.596. The molecule has 138 valence electrons. The molecule has 2 aliphatic heterocycles. The topological polar surface area (TPSA) is 59.0 Å². The molecule has 0 aromatic heterocycles. The monoisotopic (exact) mass is 378 g/mol. The number of alkyl halides is 3. The summed E-state index contributed by atoms with van der Waals surface area (Å²) in [6.45, 7) is 0. The molecule has 1 saturated heterocycles.